The fourth-order valence-corrected chi connectivity index (χ4v) is 2.34. The maximum absolute atomic E-state index is 6.10. The molecule has 0 atom stereocenters. The highest BCUT2D eigenvalue weighted by molar-refractivity contribution is 6.30. The maximum Gasteiger partial charge on any atom is 0.166 e. The Hall–Kier alpha value is -1.78. The Morgan fingerprint density at radius 2 is 2.05 bits per heavy atom. The zero-order chi connectivity index (χ0) is 15.2. The smallest absolute Gasteiger partial charge is 0.166 e. The van der Waals surface area contributed by atoms with Crippen molar-refractivity contribution >= 4 is 11.6 Å². The summed E-state index contributed by atoms with van der Waals surface area (Å²) < 4.78 is 11.3. The molecule has 1 heterocycles. The molecule has 4 nitrogen and oxygen atoms in total. The largest absolute Gasteiger partial charge is 0.493 e. The second-order valence-corrected chi connectivity index (χ2v) is 5.22. The van der Waals surface area contributed by atoms with Gasteiger partial charge in [0.05, 0.1) is 7.11 Å². The second-order valence-electron chi connectivity index (χ2n) is 4.79. The third-order valence-corrected chi connectivity index (χ3v) is 3.22. The lowest BCUT2D eigenvalue weighted by Crippen LogP contribution is -2.09. The van der Waals surface area contributed by atoms with Crippen LogP contribution in [0.4, 0.5) is 0 Å². The Morgan fingerprint density at radius 3 is 2.71 bits per heavy atom. The zero-order valence-electron chi connectivity index (χ0n) is 12.4. The summed E-state index contributed by atoms with van der Waals surface area (Å²) >= 11 is 6.10. The average molecular weight is 307 g/mol. The average Bonchev–Trinajstić information content (AvgIpc) is 2.46. The summed E-state index contributed by atoms with van der Waals surface area (Å²) in [5.41, 5.74) is 3.08. The van der Waals surface area contributed by atoms with Crippen LogP contribution in [-0.4, -0.2) is 19.1 Å². The second kappa shape index (κ2) is 7.29. The molecular weight excluding hydrogens is 288 g/mol. The van der Waals surface area contributed by atoms with Gasteiger partial charge in [-0.2, -0.15) is 0 Å². The highest BCUT2D eigenvalue weighted by Crippen LogP contribution is 2.35. The lowest BCUT2D eigenvalue weighted by atomic mass is 10.1. The van der Waals surface area contributed by atoms with Gasteiger partial charge in [0.1, 0.15) is 6.61 Å². The number of ether oxygens (including phenoxy) is 2. The number of nitrogens with zero attached hydrogens (tertiary/aromatic N) is 1. The molecule has 1 aromatic heterocycles. The van der Waals surface area contributed by atoms with Crippen LogP contribution in [0.1, 0.15) is 16.7 Å². The molecule has 21 heavy (non-hydrogen) atoms. The predicted molar refractivity (Wildman–Crippen MR) is 84.1 cm³/mol. The van der Waals surface area contributed by atoms with Crippen molar-refractivity contribution in [2.45, 2.75) is 20.1 Å². The molecule has 1 aromatic carbocycles. The van der Waals surface area contributed by atoms with E-state index in [0.29, 0.717) is 29.7 Å². The number of aryl methyl sites for hydroxylation is 1. The van der Waals surface area contributed by atoms with Crippen LogP contribution < -0.4 is 14.8 Å². The number of aromatic nitrogens is 1. The van der Waals surface area contributed by atoms with Gasteiger partial charge < -0.3 is 14.8 Å². The van der Waals surface area contributed by atoms with Gasteiger partial charge in [-0.3, -0.25) is 4.98 Å². The fourth-order valence-electron chi connectivity index (χ4n) is 2.11. The van der Waals surface area contributed by atoms with Crippen LogP contribution in [0.25, 0.3) is 0 Å². The Kier molecular flexibility index (Phi) is 5.42. The van der Waals surface area contributed by atoms with Crippen LogP contribution in [0.15, 0.2) is 30.6 Å². The number of hydrogen-bond donors (Lipinski definition) is 1. The molecule has 2 aromatic rings. The molecule has 0 saturated heterocycles. The molecule has 0 aliphatic rings. The number of rotatable bonds is 6. The molecule has 2 rings (SSSR count). The van der Waals surface area contributed by atoms with Crippen LogP contribution in [-0.2, 0) is 13.2 Å². The van der Waals surface area contributed by atoms with Gasteiger partial charge in [0, 0.05) is 41.2 Å². The first kappa shape index (κ1) is 15.6. The van der Waals surface area contributed by atoms with E-state index >= 15 is 0 Å². The van der Waals surface area contributed by atoms with Crippen molar-refractivity contribution in [3.63, 3.8) is 0 Å². The maximum atomic E-state index is 6.10. The quantitative estimate of drug-likeness (QED) is 0.889. The SMILES string of the molecule is CNCc1cc(Cl)cc(OC)c1OCc1cncc(C)c1. The van der Waals surface area contributed by atoms with E-state index in [-0.39, 0.29) is 0 Å². The molecule has 0 aliphatic heterocycles. The van der Waals surface area contributed by atoms with E-state index in [9.17, 15) is 0 Å². The summed E-state index contributed by atoms with van der Waals surface area (Å²) in [6.07, 6.45) is 3.62. The lowest BCUT2D eigenvalue weighted by molar-refractivity contribution is 0.280. The van der Waals surface area contributed by atoms with E-state index < -0.39 is 0 Å². The minimum Gasteiger partial charge on any atom is -0.493 e. The van der Waals surface area contributed by atoms with E-state index in [2.05, 4.69) is 10.3 Å². The number of nitrogens with one attached hydrogen (secondary N) is 1. The van der Waals surface area contributed by atoms with Crippen LogP contribution >= 0.6 is 11.6 Å². The first-order chi connectivity index (χ1) is 10.1. The molecule has 5 heteroatoms. The first-order valence-corrected chi connectivity index (χ1v) is 7.06. The topological polar surface area (TPSA) is 43.4 Å². The minimum absolute atomic E-state index is 0.434. The summed E-state index contributed by atoms with van der Waals surface area (Å²) in [5.74, 6) is 1.34. The van der Waals surface area contributed by atoms with Gasteiger partial charge in [-0.15, -0.1) is 0 Å². The van der Waals surface area contributed by atoms with E-state index in [1.54, 1.807) is 19.4 Å². The van der Waals surface area contributed by atoms with E-state index in [4.69, 9.17) is 21.1 Å². The van der Waals surface area contributed by atoms with Crippen LogP contribution in [0.5, 0.6) is 11.5 Å². The van der Waals surface area contributed by atoms with Crippen molar-refractivity contribution in [3.8, 4) is 11.5 Å². The highest BCUT2D eigenvalue weighted by atomic mass is 35.5. The van der Waals surface area contributed by atoms with Crippen molar-refractivity contribution in [2.24, 2.45) is 0 Å². The lowest BCUT2D eigenvalue weighted by Gasteiger charge is -2.16. The van der Waals surface area contributed by atoms with Crippen LogP contribution in [0.2, 0.25) is 5.02 Å². The molecule has 112 valence electrons. The van der Waals surface area contributed by atoms with Crippen molar-refractivity contribution < 1.29 is 9.47 Å². The standard InChI is InChI=1S/C16H19ClN2O2/c1-11-4-12(8-19-7-11)10-21-16-13(9-18-2)5-14(17)6-15(16)20-3/h4-8,18H,9-10H2,1-3H3. The zero-order valence-corrected chi connectivity index (χ0v) is 13.2. The molecule has 0 saturated carbocycles. The molecule has 0 amide bonds. The van der Waals surface area contributed by atoms with Crippen molar-refractivity contribution in [3.05, 3.63) is 52.3 Å². The molecule has 0 aliphatic carbocycles. The van der Waals surface area contributed by atoms with Crippen molar-refractivity contribution in [1.82, 2.24) is 10.3 Å². The normalized spacial score (nSPS) is 10.5. The summed E-state index contributed by atoms with van der Waals surface area (Å²) in [4.78, 5) is 4.17. The molecule has 0 radical (unpaired) electrons. The molecule has 0 unspecified atom stereocenters. The minimum atomic E-state index is 0.434. The third kappa shape index (κ3) is 4.09. The summed E-state index contributed by atoms with van der Waals surface area (Å²) in [6.45, 7) is 3.09. The van der Waals surface area contributed by atoms with E-state index in [1.165, 1.54) is 0 Å². The van der Waals surface area contributed by atoms with Crippen LogP contribution in [0, 0.1) is 6.92 Å². The monoisotopic (exact) mass is 306 g/mol. The van der Waals surface area contributed by atoms with Gasteiger partial charge in [-0.05, 0) is 31.7 Å². The Labute approximate surface area is 130 Å². The van der Waals surface area contributed by atoms with Crippen LogP contribution in [0.3, 0.4) is 0 Å². The highest BCUT2D eigenvalue weighted by Gasteiger charge is 2.13. The van der Waals surface area contributed by atoms with Gasteiger partial charge in [0.25, 0.3) is 0 Å². The van der Waals surface area contributed by atoms with Gasteiger partial charge >= 0.3 is 0 Å². The number of hydrogen-bond acceptors (Lipinski definition) is 4. The number of halogens is 1. The Balaban J connectivity index is 2.25. The van der Waals surface area contributed by atoms with Gasteiger partial charge in [0.2, 0.25) is 0 Å². The Morgan fingerprint density at radius 1 is 1.24 bits per heavy atom. The molecular formula is C16H19ClN2O2. The summed E-state index contributed by atoms with van der Waals surface area (Å²) in [5, 5.41) is 3.73. The molecule has 0 spiro atoms. The summed E-state index contributed by atoms with van der Waals surface area (Å²) in [7, 11) is 3.48. The number of pyridine rings is 1. The van der Waals surface area contributed by atoms with E-state index in [1.807, 2.05) is 32.3 Å². The van der Waals surface area contributed by atoms with Crippen molar-refractivity contribution in [1.29, 1.82) is 0 Å². The van der Waals surface area contributed by atoms with Gasteiger partial charge in [-0.1, -0.05) is 11.6 Å². The predicted octanol–water partition coefficient (Wildman–Crippen LogP) is 3.35. The fraction of sp³-hybridized carbons (Fsp3) is 0.312. The van der Waals surface area contributed by atoms with Gasteiger partial charge in [-0.25, -0.2) is 0 Å². The molecule has 0 bridgehead atoms. The Bertz CT molecular complexity index is 617. The molecule has 0 fully saturated rings. The van der Waals surface area contributed by atoms with E-state index in [0.717, 1.165) is 16.7 Å². The third-order valence-electron chi connectivity index (χ3n) is 3.00. The van der Waals surface area contributed by atoms with Gasteiger partial charge in [0.15, 0.2) is 11.5 Å². The summed E-state index contributed by atoms with van der Waals surface area (Å²) in [6, 6.07) is 5.68. The number of benzene rings is 1. The van der Waals surface area contributed by atoms with Crippen molar-refractivity contribution in [2.75, 3.05) is 14.2 Å². The molecule has 1 N–H and O–H groups in total. The number of methoxy groups -OCH3 is 1. The first-order valence-electron chi connectivity index (χ1n) is 6.68.